The number of β-amino-alcohol motifs (C(OH)–C–C–N with tert-alkyl or cyclic N) is 1. The number of hydrogen-bond acceptors (Lipinski definition) is 6. The second-order valence-electron chi connectivity index (χ2n) is 5.58. The summed E-state index contributed by atoms with van der Waals surface area (Å²) in [6, 6.07) is 3.90. The molecule has 3 atom stereocenters. The fraction of sp³-hybridized carbons (Fsp3) is 0.467. The normalized spacial score (nSPS) is 25.9. The highest BCUT2D eigenvalue weighted by atomic mass is 16.5. The molecule has 1 aromatic carbocycles. The minimum absolute atomic E-state index is 0.105. The van der Waals surface area contributed by atoms with E-state index in [0.717, 1.165) is 10.5 Å². The zero-order valence-corrected chi connectivity index (χ0v) is 12.8. The number of carboxylic acid groups (broad SMARTS) is 1. The number of fused-ring (bicyclic) bond motifs is 1. The molecule has 0 bridgehead atoms. The van der Waals surface area contributed by atoms with Gasteiger partial charge in [-0.25, -0.2) is 0 Å². The van der Waals surface area contributed by atoms with Crippen LogP contribution >= 0.6 is 0 Å². The zero-order valence-electron chi connectivity index (χ0n) is 12.8. The zero-order chi connectivity index (χ0) is 16.7. The third kappa shape index (κ3) is 2.35. The number of likely N-dealkylation sites (tertiary alicyclic amines) is 2. The van der Waals surface area contributed by atoms with Crippen LogP contribution < -0.4 is 14.6 Å². The number of ether oxygens (including phenoxy) is 2. The monoisotopic (exact) mass is 321 g/mol. The molecule has 124 valence electrons. The van der Waals surface area contributed by atoms with E-state index in [4.69, 9.17) is 9.47 Å². The van der Waals surface area contributed by atoms with Crippen LogP contribution in [0.15, 0.2) is 18.2 Å². The van der Waals surface area contributed by atoms with E-state index in [9.17, 15) is 19.8 Å². The summed E-state index contributed by atoms with van der Waals surface area (Å²) in [6.45, 7) is 0.157. The predicted molar refractivity (Wildman–Crippen MR) is 75.8 cm³/mol. The maximum Gasteiger partial charge on any atom is 0.248 e. The summed E-state index contributed by atoms with van der Waals surface area (Å²) < 4.78 is 10.4. The molecule has 0 unspecified atom stereocenters. The van der Waals surface area contributed by atoms with Gasteiger partial charge in [0, 0.05) is 13.1 Å². The van der Waals surface area contributed by atoms with E-state index >= 15 is 0 Å². The molecule has 2 fully saturated rings. The van der Waals surface area contributed by atoms with Gasteiger partial charge in [-0.1, -0.05) is 6.07 Å². The topological polar surface area (TPSA) is 102 Å². The number of aliphatic hydroxyl groups is 1. The van der Waals surface area contributed by atoms with E-state index in [-0.39, 0.29) is 19.0 Å². The number of methoxy groups -OCH3 is 2. The Morgan fingerprint density at radius 2 is 2.04 bits per heavy atom. The van der Waals surface area contributed by atoms with Crippen molar-refractivity contribution >= 4 is 12.0 Å². The number of β-lactam (4-membered cyclic amide) rings is 1. The summed E-state index contributed by atoms with van der Waals surface area (Å²) in [7, 11) is 3.05. The van der Waals surface area contributed by atoms with Gasteiger partial charge in [-0.15, -0.1) is 0 Å². The average molecular weight is 321 g/mol. The minimum atomic E-state index is -1.43. The first-order valence-corrected chi connectivity index (χ1v) is 7.15. The Kier molecular flexibility index (Phi) is 3.77. The molecule has 8 nitrogen and oxygen atoms in total. The maximum atomic E-state index is 12.2. The van der Waals surface area contributed by atoms with E-state index in [1.54, 1.807) is 18.2 Å². The lowest BCUT2D eigenvalue weighted by Gasteiger charge is -2.46. The van der Waals surface area contributed by atoms with Crippen molar-refractivity contribution in [1.82, 2.24) is 9.80 Å². The van der Waals surface area contributed by atoms with Crippen LogP contribution in [0, 0.1) is 0 Å². The van der Waals surface area contributed by atoms with Crippen molar-refractivity contribution in [2.24, 2.45) is 0 Å². The molecule has 23 heavy (non-hydrogen) atoms. The summed E-state index contributed by atoms with van der Waals surface area (Å²) in [5.74, 6) is 0.788. The van der Waals surface area contributed by atoms with Gasteiger partial charge in [0.2, 0.25) is 5.91 Å². The van der Waals surface area contributed by atoms with Gasteiger partial charge in [-0.3, -0.25) is 4.79 Å². The van der Waals surface area contributed by atoms with Crippen molar-refractivity contribution in [3.05, 3.63) is 23.8 Å². The summed E-state index contributed by atoms with van der Waals surface area (Å²) >= 11 is 0. The molecule has 8 heteroatoms. The number of rotatable bonds is 4. The molecule has 1 N–H and O–H groups in total. The Bertz CT molecular complexity index is 649. The lowest BCUT2D eigenvalue weighted by atomic mass is 9.93. The minimum Gasteiger partial charge on any atom is -0.530 e. The maximum absolute atomic E-state index is 12.2. The average Bonchev–Trinajstić information content (AvgIpc) is 2.86. The number of amides is 2. The quantitative estimate of drug-likeness (QED) is 0.699. The molecule has 0 aromatic heterocycles. The molecule has 0 radical (unpaired) electrons. The van der Waals surface area contributed by atoms with E-state index in [1.807, 2.05) is 0 Å². The van der Waals surface area contributed by atoms with Crippen LogP contribution in [-0.4, -0.2) is 65.9 Å². The fourth-order valence-electron chi connectivity index (χ4n) is 3.26. The molecule has 1 aromatic rings. The van der Waals surface area contributed by atoms with Gasteiger partial charge in [-0.05, 0) is 17.7 Å². The molecule has 2 aliphatic heterocycles. The lowest BCUT2D eigenvalue weighted by molar-refractivity contribution is -0.268. The second kappa shape index (κ2) is 5.62. The highest BCUT2D eigenvalue weighted by Gasteiger charge is 2.58. The van der Waals surface area contributed by atoms with Crippen molar-refractivity contribution in [2.75, 3.05) is 20.8 Å². The first-order chi connectivity index (χ1) is 11.0. The third-order valence-corrected chi connectivity index (χ3v) is 4.37. The number of carbonyl (C=O) groups excluding carboxylic acids is 2. The number of benzene rings is 1. The molecule has 3 rings (SSSR count). The van der Waals surface area contributed by atoms with Crippen molar-refractivity contribution in [1.29, 1.82) is 0 Å². The van der Waals surface area contributed by atoms with Gasteiger partial charge in [0.15, 0.2) is 11.5 Å². The molecule has 2 heterocycles. The molecule has 2 saturated heterocycles. The Hall–Kier alpha value is -2.48. The summed E-state index contributed by atoms with van der Waals surface area (Å²) in [6.07, 6.45) is -2.34. The van der Waals surface area contributed by atoms with Crippen LogP contribution in [0.2, 0.25) is 0 Å². The Labute approximate surface area is 132 Å². The molecule has 2 amide bonds. The van der Waals surface area contributed by atoms with Crippen LogP contribution in [0.1, 0.15) is 5.56 Å². The predicted octanol–water partition coefficient (Wildman–Crippen LogP) is -1.20. The Morgan fingerprint density at radius 3 is 2.65 bits per heavy atom. The van der Waals surface area contributed by atoms with E-state index in [2.05, 4.69) is 0 Å². The summed E-state index contributed by atoms with van der Waals surface area (Å²) in [5, 5.41) is 21.0. The lowest BCUT2D eigenvalue weighted by Crippen LogP contribution is -2.69. The number of aliphatic hydroxyl groups excluding tert-OH is 1. The molecule has 0 aliphatic carbocycles. The number of carbonyl (C=O) groups is 2. The van der Waals surface area contributed by atoms with Crippen molar-refractivity contribution in [3.63, 3.8) is 0 Å². The van der Waals surface area contributed by atoms with Gasteiger partial charge in [0.1, 0.15) is 12.1 Å². The Balaban J connectivity index is 1.77. The highest BCUT2D eigenvalue weighted by molar-refractivity contribution is 5.93. The van der Waals surface area contributed by atoms with Gasteiger partial charge < -0.3 is 34.3 Å². The number of hydrogen-bond donors (Lipinski definition) is 1. The SMILES string of the molecule is COc1ccc(CN2C(=O)[C@@H]3[C@H]2[C@@H](O)CN3C(=O)[O-])cc1OC. The Morgan fingerprint density at radius 1 is 1.35 bits per heavy atom. The molecular weight excluding hydrogens is 304 g/mol. The summed E-state index contributed by atoms with van der Waals surface area (Å²) in [5.41, 5.74) is 0.800. The van der Waals surface area contributed by atoms with Crippen molar-refractivity contribution in [2.45, 2.75) is 24.7 Å². The van der Waals surface area contributed by atoms with Gasteiger partial charge in [0.25, 0.3) is 0 Å². The van der Waals surface area contributed by atoms with Crippen LogP contribution in [0.5, 0.6) is 11.5 Å². The summed E-state index contributed by atoms with van der Waals surface area (Å²) in [4.78, 5) is 25.6. The molecular formula is C15H17N2O6-. The van der Waals surface area contributed by atoms with E-state index in [1.165, 1.54) is 19.1 Å². The molecule has 0 saturated carbocycles. The smallest absolute Gasteiger partial charge is 0.248 e. The van der Waals surface area contributed by atoms with Crippen LogP contribution in [-0.2, 0) is 11.3 Å². The van der Waals surface area contributed by atoms with E-state index < -0.39 is 24.3 Å². The largest absolute Gasteiger partial charge is 0.530 e. The molecule has 0 spiro atoms. The molecule has 2 aliphatic rings. The van der Waals surface area contributed by atoms with Gasteiger partial charge >= 0.3 is 0 Å². The van der Waals surface area contributed by atoms with Gasteiger partial charge in [-0.2, -0.15) is 0 Å². The standard InChI is InChI=1S/C15H18N2O6/c1-22-10-4-3-8(5-11(10)23-2)6-16-12-9(18)7-17(15(20)21)13(12)14(16)19/h3-5,9,12-13,18H,6-7H2,1-2H3,(H,20,21)/p-1/t9-,12+,13-/m0/s1. The fourth-order valence-corrected chi connectivity index (χ4v) is 3.26. The van der Waals surface area contributed by atoms with Crippen LogP contribution in [0.3, 0.4) is 0 Å². The first kappa shape index (κ1) is 15.4. The van der Waals surface area contributed by atoms with Gasteiger partial charge in [0.05, 0.1) is 26.4 Å². The van der Waals surface area contributed by atoms with Crippen LogP contribution in [0.4, 0.5) is 4.79 Å². The second-order valence-corrected chi connectivity index (χ2v) is 5.58. The van der Waals surface area contributed by atoms with Crippen molar-refractivity contribution in [3.8, 4) is 11.5 Å². The third-order valence-electron chi connectivity index (χ3n) is 4.37. The highest BCUT2D eigenvalue weighted by Crippen LogP contribution is 2.36. The van der Waals surface area contributed by atoms with Crippen LogP contribution in [0.25, 0.3) is 0 Å². The van der Waals surface area contributed by atoms with Crippen molar-refractivity contribution < 1.29 is 29.3 Å². The van der Waals surface area contributed by atoms with E-state index in [0.29, 0.717) is 11.5 Å². The number of nitrogens with zero attached hydrogens (tertiary/aromatic N) is 2. The first-order valence-electron chi connectivity index (χ1n) is 7.15.